The lowest BCUT2D eigenvalue weighted by atomic mass is 10.0. The second-order valence-electron chi connectivity index (χ2n) is 8.52. The van der Waals surface area contributed by atoms with E-state index in [1.807, 2.05) is 18.3 Å². The average molecular weight is 442 g/mol. The topological polar surface area (TPSA) is 88.5 Å². The van der Waals surface area contributed by atoms with Gasteiger partial charge < -0.3 is 9.64 Å². The molecule has 0 N–H and O–H groups in total. The second-order valence-corrected chi connectivity index (χ2v) is 10.5. The first-order chi connectivity index (χ1) is 14.9. The molecule has 164 valence electrons. The summed E-state index contributed by atoms with van der Waals surface area (Å²) < 4.78 is 31.2. The molecule has 2 aromatic rings. The summed E-state index contributed by atoms with van der Waals surface area (Å²) in [6.45, 7) is 5.21. The molecule has 9 heteroatoms. The van der Waals surface area contributed by atoms with Crippen molar-refractivity contribution in [3.05, 3.63) is 41.4 Å². The zero-order valence-electron chi connectivity index (χ0n) is 17.9. The maximum absolute atomic E-state index is 12.0. The van der Waals surface area contributed by atoms with E-state index < -0.39 is 10.0 Å². The standard InChI is InChI=1S/C22H27N5O3S/c1-15-14-30-11-10-27(15)21-12-20(16-7-9-26(13-16)31(2,28)29)24-22(25-21)18-6-8-23-19-5-3-4-17(18)19/h3-4,6,8,12,15-16H,5,7,9-11,13-14H2,1-2H3/t15-,16?/m1/s1. The van der Waals surface area contributed by atoms with Crippen LogP contribution in [-0.2, 0) is 21.2 Å². The smallest absolute Gasteiger partial charge is 0.211 e. The SMILES string of the molecule is C[C@@H]1COCCN1c1cc(C2CCN(S(C)(=O)=O)C2)nc(-c2ccnc3c2C=CC3)n1. The maximum Gasteiger partial charge on any atom is 0.211 e. The van der Waals surface area contributed by atoms with Gasteiger partial charge in [0.05, 0.1) is 36.9 Å². The molecule has 0 aromatic carbocycles. The van der Waals surface area contributed by atoms with Gasteiger partial charge in [-0.25, -0.2) is 22.7 Å². The zero-order valence-corrected chi connectivity index (χ0v) is 18.7. The Morgan fingerprint density at radius 1 is 1.23 bits per heavy atom. The number of sulfonamides is 1. The van der Waals surface area contributed by atoms with Crippen molar-refractivity contribution in [1.82, 2.24) is 19.3 Å². The molecular weight excluding hydrogens is 414 g/mol. The first kappa shape index (κ1) is 20.5. The molecule has 8 nitrogen and oxygen atoms in total. The number of aromatic nitrogens is 3. The van der Waals surface area contributed by atoms with Gasteiger partial charge in [-0.05, 0) is 19.4 Å². The summed E-state index contributed by atoms with van der Waals surface area (Å²) in [4.78, 5) is 16.7. The molecule has 0 spiro atoms. The number of allylic oxidation sites excluding steroid dienone is 1. The minimum Gasteiger partial charge on any atom is -0.377 e. The van der Waals surface area contributed by atoms with Gasteiger partial charge in [0.1, 0.15) is 5.82 Å². The first-order valence-corrected chi connectivity index (χ1v) is 12.6. The van der Waals surface area contributed by atoms with Crippen molar-refractivity contribution in [3.8, 4) is 11.4 Å². The lowest BCUT2D eigenvalue weighted by molar-refractivity contribution is 0.0985. The zero-order chi connectivity index (χ0) is 21.6. The molecular formula is C22H27N5O3S. The van der Waals surface area contributed by atoms with E-state index in [0.29, 0.717) is 32.1 Å². The number of rotatable bonds is 4. The fourth-order valence-electron chi connectivity index (χ4n) is 4.62. The van der Waals surface area contributed by atoms with E-state index in [9.17, 15) is 8.42 Å². The predicted molar refractivity (Wildman–Crippen MR) is 119 cm³/mol. The Morgan fingerprint density at radius 3 is 2.87 bits per heavy atom. The average Bonchev–Trinajstić information content (AvgIpc) is 3.43. The summed E-state index contributed by atoms with van der Waals surface area (Å²) in [7, 11) is -3.21. The van der Waals surface area contributed by atoms with Crippen molar-refractivity contribution in [1.29, 1.82) is 0 Å². The minimum absolute atomic E-state index is 0.0528. The highest BCUT2D eigenvalue weighted by Crippen LogP contribution is 2.34. The molecule has 0 bridgehead atoms. The van der Waals surface area contributed by atoms with E-state index in [2.05, 4.69) is 29.0 Å². The predicted octanol–water partition coefficient (Wildman–Crippen LogP) is 2.08. The fourth-order valence-corrected chi connectivity index (χ4v) is 5.50. The van der Waals surface area contributed by atoms with Crippen LogP contribution in [0, 0.1) is 0 Å². The molecule has 2 atom stereocenters. The Labute approximate surface area is 183 Å². The van der Waals surface area contributed by atoms with Gasteiger partial charge in [-0.2, -0.15) is 0 Å². The molecule has 31 heavy (non-hydrogen) atoms. The van der Waals surface area contributed by atoms with E-state index in [4.69, 9.17) is 14.7 Å². The lowest BCUT2D eigenvalue weighted by Gasteiger charge is -2.34. The van der Waals surface area contributed by atoms with Crippen molar-refractivity contribution in [2.24, 2.45) is 0 Å². The summed E-state index contributed by atoms with van der Waals surface area (Å²) >= 11 is 0. The Kier molecular flexibility index (Phi) is 5.27. The van der Waals surface area contributed by atoms with E-state index in [1.54, 1.807) is 4.31 Å². The van der Waals surface area contributed by atoms with Crippen LogP contribution in [0.25, 0.3) is 17.5 Å². The van der Waals surface area contributed by atoms with Gasteiger partial charge in [-0.1, -0.05) is 12.2 Å². The summed E-state index contributed by atoms with van der Waals surface area (Å²) in [6, 6.07) is 4.22. The van der Waals surface area contributed by atoms with Crippen molar-refractivity contribution in [3.63, 3.8) is 0 Å². The van der Waals surface area contributed by atoms with Gasteiger partial charge >= 0.3 is 0 Å². The van der Waals surface area contributed by atoms with Crippen molar-refractivity contribution < 1.29 is 13.2 Å². The molecule has 0 radical (unpaired) electrons. The molecule has 2 aromatic heterocycles. The normalized spacial score (nSPS) is 24.0. The molecule has 3 aliphatic rings. The van der Waals surface area contributed by atoms with Crippen LogP contribution in [-0.4, -0.2) is 72.8 Å². The van der Waals surface area contributed by atoms with E-state index in [1.165, 1.54) is 6.26 Å². The third-order valence-corrected chi connectivity index (χ3v) is 7.61. The molecule has 4 heterocycles. The number of ether oxygens (including phenoxy) is 1. The molecule has 2 aliphatic heterocycles. The van der Waals surface area contributed by atoms with Gasteiger partial charge in [0.15, 0.2) is 5.82 Å². The number of fused-ring (bicyclic) bond motifs is 1. The van der Waals surface area contributed by atoms with E-state index in [-0.39, 0.29) is 12.0 Å². The molecule has 0 amide bonds. The Balaban J connectivity index is 1.58. The first-order valence-electron chi connectivity index (χ1n) is 10.7. The number of hydrogen-bond acceptors (Lipinski definition) is 7. The molecule has 0 saturated carbocycles. The third kappa shape index (κ3) is 3.97. The number of pyridine rings is 1. The highest BCUT2D eigenvalue weighted by molar-refractivity contribution is 7.88. The number of morpholine rings is 1. The van der Waals surface area contributed by atoms with Crippen molar-refractivity contribution >= 4 is 21.9 Å². The van der Waals surface area contributed by atoms with Crippen LogP contribution in [0.1, 0.15) is 36.2 Å². The van der Waals surface area contributed by atoms with Crippen LogP contribution in [0.3, 0.4) is 0 Å². The van der Waals surface area contributed by atoms with Gasteiger partial charge in [-0.3, -0.25) is 4.98 Å². The Hall–Kier alpha value is -2.36. The van der Waals surface area contributed by atoms with Gasteiger partial charge in [0.25, 0.3) is 0 Å². The summed E-state index contributed by atoms with van der Waals surface area (Å²) in [6.07, 6.45) is 8.87. The van der Waals surface area contributed by atoms with Crippen LogP contribution >= 0.6 is 0 Å². The quantitative estimate of drug-likeness (QED) is 0.718. The maximum atomic E-state index is 12.0. The van der Waals surface area contributed by atoms with Gasteiger partial charge in [0.2, 0.25) is 10.0 Å². The molecule has 1 aliphatic carbocycles. The number of anilines is 1. The summed E-state index contributed by atoms with van der Waals surface area (Å²) in [5.41, 5.74) is 3.99. The monoisotopic (exact) mass is 441 g/mol. The minimum atomic E-state index is -3.21. The van der Waals surface area contributed by atoms with Gasteiger partial charge in [0, 0.05) is 55.4 Å². The van der Waals surface area contributed by atoms with Crippen LogP contribution < -0.4 is 4.90 Å². The number of nitrogens with zero attached hydrogens (tertiary/aromatic N) is 5. The summed E-state index contributed by atoms with van der Waals surface area (Å²) in [5, 5.41) is 0. The largest absolute Gasteiger partial charge is 0.377 e. The molecule has 5 rings (SSSR count). The molecule has 1 unspecified atom stereocenters. The van der Waals surface area contributed by atoms with Gasteiger partial charge in [-0.15, -0.1) is 0 Å². The van der Waals surface area contributed by atoms with E-state index >= 15 is 0 Å². The Bertz CT molecular complexity index is 1130. The van der Waals surface area contributed by atoms with Crippen molar-refractivity contribution in [2.45, 2.75) is 31.7 Å². The van der Waals surface area contributed by atoms with Crippen LogP contribution in [0.4, 0.5) is 5.82 Å². The van der Waals surface area contributed by atoms with E-state index in [0.717, 1.165) is 47.7 Å². The molecule has 2 saturated heterocycles. The highest BCUT2D eigenvalue weighted by atomic mass is 32.2. The Morgan fingerprint density at radius 2 is 2.10 bits per heavy atom. The van der Waals surface area contributed by atoms with Crippen LogP contribution in [0.2, 0.25) is 0 Å². The third-order valence-electron chi connectivity index (χ3n) is 6.34. The molecule has 2 fully saturated rings. The summed E-state index contributed by atoms with van der Waals surface area (Å²) in [5.74, 6) is 1.60. The van der Waals surface area contributed by atoms with Crippen molar-refractivity contribution in [2.75, 3.05) is 44.0 Å². The highest BCUT2D eigenvalue weighted by Gasteiger charge is 2.32. The van der Waals surface area contributed by atoms with Crippen LogP contribution in [0.5, 0.6) is 0 Å². The fraction of sp³-hybridized carbons (Fsp3) is 0.500. The number of hydrogen-bond donors (Lipinski definition) is 0. The second kappa shape index (κ2) is 7.96. The lowest BCUT2D eigenvalue weighted by Crippen LogP contribution is -2.44. The van der Waals surface area contributed by atoms with Crippen LogP contribution in [0.15, 0.2) is 24.4 Å².